The van der Waals surface area contributed by atoms with Crippen LogP contribution in [0.3, 0.4) is 0 Å². The van der Waals surface area contributed by atoms with Gasteiger partial charge < -0.3 is 10.2 Å². The van der Waals surface area contributed by atoms with Gasteiger partial charge in [0.2, 0.25) is 10.3 Å². The second kappa shape index (κ2) is 9.07. The van der Waals surface area contributed by atoms with E-state index >= 15 is 0 Å². The van der Waals surface area contributed by atoms with E-state index in [2.05, 4.69) is 36.7 Å². The number of hydrogen-bond acceptors (Lipinski definition) is 6. The maximum absolute atomic E-state index is 12.1. The average molecular weight is 421 g/mol. The van der Waals surface area contributed by atoms with Crippen LogP contribution >= 0.6 is 22.9 Å². The van der Waals surface area contributed by atoms with Crippen molar-refractivity contribution in [2.75, 3.05) is 36.4 Å². The zero-order chi connectivity index (χ0) is 19.3. The maximum Gasteiger partial charge on any atom is 0.321 e. The molecule has 2 amide bonds. The summed E-state index contributed by atoms with van der Waals surface area (Å²) in [5.74, 6) is 0. The molecule has 9 heteroatoms. The monoisotopic (exact) mass is 420 g/mol. The summed E-state index contributed by atoms with van der Waals surface area (Å²) in [4.78, 5) is 16.7. The number of halogens is 1. The molecule has 0 spiro atoms. The molecule has 1 aromatic heterocycles. The lowest BCUT2D eigenvalue weighted by Gasteiger charge is -2.34. The van der Waals surface area contributed by atoms with Gasteiger partial charge in [-0.25, -0.2) is 4.79 Å². The number of benzene rings is 1. The minimum atomic E-state index is -0.180. The van der Waals surface area contributed by atoms with Crippen LogP contribution in [0.15, 0.2) is 24.3 Å². The Morgan fingerprint density at radius 2 is 1.96 bits per heavy atom. The standard InChI is InChI=1S/C19H25ClN6OS/c20-15-5-3-4-14(12-15)13-25-8-10-26(11-9-25)19-24-23-18(28-19)22-17(27)21-16-6-1-2-7-16/h3-5,12,16H,1-2,6-11,13H2,(H2,21,22,23,27). The van der Waals surface area contributed by atoms with Gasteiger partial charge in [-0.05, 0) is 30.5 Å². The van der Waals surface area contributed by atoms with Crippen LogP contribution in [-0.4, -0.2) is 53.3 Å². The molecular weight excluding hydrogens is 396 g/mol. The number of nitrogens with one attached hydrogen (secondary N) is 2. The molecule has 2 N–H and O–H groups in total. The van der Waals surface area contributed by atoms with Gasteiger partial charge in [0.1, 0.15) is 0 Å². The van der Waals surface area contributed by atoms with Crippen molar-refractivity contribution >= 4 is 39.2 Å². The predicted octanol–water partition coefficient (Wildman–Crippen LogP) is 3.58. The van der Waals surface area contributed by atoms with Crippen molar-refractivity contribution in [3.05, 3.63) is 34.9 Å². The molecule has 150 valence electrons. The second-order valence-corrected chi connectivity index (χ2v) is 8.76. The van der Waals surface area contributed by atoms with Gasteiger partial charge in [0.25, 0.3) is 0 Å². The summed E-state index contributed by atoms with van der Waals surface area (Å²) in [5, 5.41) is 16.4. The Bertz CT molecular complexity index is 801. The Balaban J connectivity index is 1.25. The zero-order valence-electron chi connectivity index (χ0n) is 15.7. The SMILES string of the molecule is O=C(Nc1nnc(N2CCN(Cc3cccc(Cl)c3)CC2)s1)NC1CCCC1. The molecule has 28 heavy (non-hydrogen) atoms. The van der Waals surface area contributed by atoms with Crippen molar-refractivity contribution in [2.24, 2.45) is 0 Å². The molecule has 1 saturated carbocycles. The third-order valence-electron chi connectivity index (χ3n) is 5.26. The van der Waals surface area contributed by atoms with E-state index in [9.17, 15) is 4.79 Å². The van der Waals surface area contributed by atoms with Crippen molar-refractivity contribution in [2.45, 2.75) is 38.3 Å². The Morgan fingerprint density at radius 3 is 2.71 bits per heavy atom. The van der Waals surface area contributed by atoms with Crippen molar-refractivity contribution in [1.29, 1.82) is 0 Å². The number of anilines is 2. The molecule has 1 saturated heterocycles. The largest absolute Gasteiger partial charge is 0.344 e. The molecule has 0 bridgehead atoms. The number of urea groups is 1. The number of piperazine rings is 1. The van der Waals surface area contributed by atoms with E-state index in [4.69, 9.17) is 11.6 Å². The summed E-state index contributed by atoms with van der Waals surface area (Å²) in [6.07, 6.45) is 4.51. The lowest BCUT2D eigenvalue weighted by Crippen LogP contribution is -2.45. The first kappa shape index (κ1) is 19.4. The lowest BCUT2D eigenvalue weighted by molar-refractivity contribution is 0.248. The first-order chi connectivity index (χ1) is 13.7. The van der Waals surface area contributed by atoms with E-state index in [0.717, 1.165) is 55.7 Å². The molecule has 2 aromatic rings. The molecule has 2 aliphatic rings. The van der Waals surface area contributed by atoms with Crippen LogP contribution in [0.25, 0.3) is 0 Å². The van der Waals surface area contributed by atoms with E-state index in [0.29, 0.717) is 11.2 Å². The van der Waals surface area contributed by atoms with Gasteiger partial charge in [0, 0.05) is 43.8 Å². The Morgan fingerprint density at radius 1 is 1.18 bits per heavy atom. The highest BCUT2D eigenvalue weighted by Crippen LogP contribution is 2.25. The third-order valence-corrected chi connectivity index (χ3v) is 6.40. The lowest BCUT2D eigenvalue weighted by atomic mass is 10.2. The van der Waals surface area contributed by atoms with Crippen LogP contribution in [0.2, 0.25) is 5.02 Å². The highest BCUT2D eigenvalue weighted by Gasteiger charge is 2.22. The summed E-state index contributed by atoms with van der Waals surface area (Å²) in [7, 11) is 0. The number of hydrogen-bond donors (Lipinski definition) is 2. The molecule has 1 aliphatic heterocycles. The molecule has 2 heterocycles. The van der Waals surface area contributed by atoms with Crippen LogP contribution < -0.4 is 15.5 Å². The molecule has 7 nitrogen and oxygen atoms in total. The maximum atomic E-state index is 12.1. The van der Waals surface area contributed by atoms with E-state index in [1.165, 1.54) is 29.7 Å². The molecule has 1 aliphatic carbocycles. The highest BCUT2D eigenvalue weighted by molar-refractivity contribution is 7.19. The minimum Gasteiger partial charge on any atom is -0.344 e. The quantitative estimate of drug-likeness (QED) is 0.773. The smallest absolute Gasteiger partial charge is 0.321 e. The van der Waals surface area contributed by atoms with Crippen LogP contribution in [0.5, 0.6) is 0 Å². The van der Waals surface area contributed by atoms with Crippen LogP contribution in [0.4, 0.5) is 15.1 Å². The number of amides is 2. The topological polar surface area (TPSA) is 73.4 Å². The van der Waals surface area contributed by atoms with Crippen LogP contribution in [0, 0.1) is 0 Å². The van der Waals surface area contributed by atoms with E-state index in [-0.39, 0.29) is 6.03 Å². The first-order valence-electron chi connectivity index (χ1n) is 9.78. The van der Waals surface area contributed by atoms with Crippen molar-refractivity contribution in [1.82, 2.24) is 20.4 Å². The van der Waals surface area contributed by atoms with Gasteiger partial charge >= 0.3 is 6.03 Å². The van der Waals surface area contributed by atoms with Crippen molar-refractivity contribution in [3.8, 4) is 0 Å². The number of nitrogens with zero attached hydrogens (tertiary/aromatic N) is 4. The Kier molecular flexibility index (Phi) is 6.29. The third kappa shape index (κ3) is 5.12. The summed E-state index contributed by atoms with van der Waals surface area (Å²) in [5.41, 5.74) is 1.23. The summed E-state index contributed by atoms with van der Waals surface area (Å²) >= 11 is 7.50. The van der Waals surface area contributed by atoms with Crippen LogP contribution in [-0.2, 0) is 6.54 Å². The van der Waals surface area contributed by atoms with Gasteiger partial charge in [0.05, 0.1) is 0 Å². The average Bonchev–Trinajstić information content (AvgIpc) is 3.35. The van der Waals surface area contributed by atoms with Crippen molar-refractivity contribution in [3.63, 3.8) is 0 Å². The van der Waals surface area contributed by atoms with Crippen LogP contribution in [0.1, 0.15) is 31.2 Å². The highest BCUT2D eigenvalue weighted by atomic mass is 35.5. The summed E-state index contributed by atoms with van der Waals surface area (Å²) in [6.45, 7) is 4.60. The summed E-state index contributed by atoms with van der Waals surface area (Å²) in [6, 6.07) is 8.14. The fourth-order valence-corrected chi connectivity index (χ4v) is 4.78. The Hall–Kier alpha value is -1.90. The number of carbonyl (C=O) groups excluding carboxylic acids is 1. The minimum absolute atomic E-state index is 0.180. The second-order valence-electron chi connectivity index (χ2n) is 7.36. The number of rotatable bonds is 5. The fraction of sp³-hybridized carbons (Fsp3) is 0.526. The van der Waals surface area contributed by atoms with Gasteiger partial charge in [-0.15, -0.1) is 10.2 Å². The first-order valence-corrected chi connectivity index (χ1v) is 11.0. The predicted molar refractivity (Wildman–Crippen MR) is 113 cm³/mol. The molecule has 0 unspecified atom stereocenters. The van der Waals surface area contributed by atoms with Crippen molar-refractivity contribution < 1.29 is 4.79 Å². The van der Waals surface area contributed by atoms with Gasteiger partial charge in [0.15, 0.2) is 0 Å². The molecule has 0 atom stereocenters. The van der Waals surface area contributed by atoms with E-state index in [1.807, 2.05) is 18.2 Å². The molecule has 2 fully saturated rings. The van der Waals surface area contributed by atoms with E-state index < -0.39 is 0 Å². The fourth-order valence-electron chi connectivity index (χ4n) is 3.77. The van der Waals surface area contributed by atoms with E-state index in [1.54, 1.807) is 0 Å². The molecule has 1 aromatic carbocycles. The number of carbonyl (C=O) groups is 1. The van der Waals surface area contributed by atoms with Gasteiger partial charge in [-0.3, -0.25) is 10.2 Å². The molecule has 4 rings (SSSR count). The van der Waals surface area contributed by atoms with Gasteiger partial charge in [-0.1, -0.05) is 47.9 Å². The Labute approximate surface area is 174 Å². The summed E-state index contributed by atoms with van der Waals surface area (Å²) < 4.78 is 0. The normalized spacial score (nSPS) is 18.4. The number of aromatic nitrogens is 2. The van der Waals surface area contributed by atoms with Gasteiger partial charge in [-0.2, -0.15) is 0 Å². The molecule has 0 radical (unpaired) electrons. The molecular formula is C19H25ClN6OS. The zero-order valence-corrected chi connectivity index (χ0v) is 17.3.